The van der Waals surface area contributed by atoms with Gasteiger partial charge in [0.15, 0.2) is 0 Å². The van der Waals surface area contributed by atoms with Gasteiger partial charge in [0.2, 0.25) is 5.95 Å². The maximum absolute atomic E-state index is 12.2. The van der Waals surface area contributed by atoms with E-state index >= 15 is 0 Å². The lowest BCUT2D eigenvalue weighted by atomic mass is 10.0. The minimum absolute atomic E-state index is 0.394. The number of rotatable bonds is 3. The van der Waals surface area contributed by atoms with Crippen LogP contribution in [0.3, 0.4) is 0 Å². The number of carbonyl (C=O) groups is 1. The summed E-state index contributed by atoms with van der Waals surface area (Å²) < 4.78 is 8.43. The number of methoxy groups -OCH3 is 1. The second-order valence-electron chi connectivity index (χ2n) is 4.66. The van der Waals surface area contributed by atoms with E-state index in [0.717, 1.165) is 5.69 Å². The second kappa shape index (κ2) is 5.04. The summed E-state index contributed by atoms with van der Waals surface area (Å²) in [5.74, 6) is 0.198. The molecule has 110 valence electrons. The maximum atomic E-state index is 12.2. The Balaban J connectivity index is 2.20. The Bertz CT molecular complexity index is 714. The zero-order valence-electron chi connectivity index (χ0n) is 12.1. The number of anilines is 1. The van der Waals surface area contributed by atoms with Crippen molar-refractivity contribution < 1.29 is 9.53 Å². The average molecular weight is 288 g/mol. The number of aryl methyl sites for hydroxylation is 1. The van der Waals surface area contributed by atoms with Crippen LogP contribution in [-0.4, -0.2) is 37.6 Å². The first-order valence-electron chi connectivity index (χ1n) is 6.64. The molecule has 3 rings (SSSR count). The van der Waals surface area contributed by atoms with Crippen LogP contribution < -0.4 is 5.32 Å². The Morgan fingerprint density at radius 2 is 2.29 bits per heavy atom. The van der Waals surface area contributed by atoms with Crippen molar-refractivity contribution >= 4 is 11.9 Å². The fraction of sp³-hybridized carbons (Fsp3) is 0.385. The molecular formula is C13H16N6O2. The van der Waals surface area contributed by atoms with Crippen LogP contribution in [0.2, 0.25) is 0 Å². The first-order chi connectivity index (χ1) is 10.2. The monoisotopic (exact) mass is 288 g/mol. The van der Waals surface area contributed by atoms with Gasteiger partial charge in [-0.1, -0.05) is 0 Å². The zero-order chi connectivity index (χ0) is 15.0. The van der Waals surface area contributed by atoms with Gasteiger partial charge >= 0.3 is 5.97 Å². The summed E-state index contributed by atoms with van der Waals surface area (Å²) in [5, 5.41) is 11.6. The number of allylic oxidation sites excluding steroid dienone is 1. The highest BCUT2D eigenvalue weighted by molar-refractivity contribution is 5.92. The highest BCUT2D eigenvalue weighted by Crippen LogP contribution is 2.34. The molecule has 8 heteroatoms. The number of hydrogen-bond acceptors (Lipinski definition) is 6. The van der Waals surface area contributed by atoms with Crippen molar-refractivity contribution in [3.05, 3.63) is 35.6 Å². The molecule has 0 amide bonds. The van der Waals surface area contributed by atoms with Crippen LogP contribution in [0.1, 0.15) is 25.6 Å². The second-order valence-corrected chi connectivity index (χ2v) is 4.66. The maximum Gasteiger partial charge on any atom is 0.338 e. The molecule has 0 saturated heterocycles. The fourth-order valence-corrected chi connectivity index (χ4v) is 2.58. The molecule has 1 aliphatic rings. The molecule has 21 heavy (non-hydrogen) atoms. The van der Waals surface area contributed by atoms with Gasteiger partial charge in [-0.25, -0.2) is 9.48 Å². The molecule has 3 heterocycles. The van der Waals surface area contributed by atoms with Crippen LogP contribution in [0.4, 0.5) is 5.95 Å². The molecule has 0 fully saturated rings. The molecule has 0 aromatic carbocycles. The number of aromatic nitrogens is 5. The Labute approximate surface area is 121 Å². The van der Waals surface area contributed by atoms with Gasteiger partial charge in [0.1, 0.15) is 12.4 Å². The van der Waals surface area contributed by atoms with E-state index in [1.807, 2.05) is 24.6 Å². The Hall–Kier alpha value is -2.64. The van der Waals surface area contributed by atoms with Crippen molar-refractivity contribution in [2.45, 2.75) is 26.4 Å². The van der Waals surface area contributed by atoms with Gasteiger partial charge in [-0.15, -0.1) is 0 Å². The van der Waals surface area contributed by atoms with Crippen LogP contribution in [0, 0.1) is 0 Å². The molecule has 2 aromatic heterocycles. The van der Waals surface area contributed by atoms with E-state index in [9.17, 15) is 4.79 Å². The smallest absolute Gasteiger partial charge is 0.338 e. The lowest BCUT2D eigenvalue weighted by molar-refractivity contribution is -0.136. The number of esters is 1. The van der Waals surface area contributed by atoms with E-state index in [-0.39, 0.29) is 0 Å². The number of fused-ring (bicyclic) bond motifs is 1. The molecule has 1 unspecified atom stereocenters. The molecule has 0 bridgehead atoms. The topological polar surface area (TPSA) is 86.9 Å². The summed E-state index contributed by atoms with van der Waals surface area (Å²) in [7, 11) is 1.37. The lowest BCUT2D eigenvalue weighted by Gasteiger charge is -2.27. The van der Waals surface area contributed by atoms with E-state index in [2.05, 4.69) is 20.5 Å². The Kier molecular flexibility index (Phi) is 3.20. The summed E-state index contributed by atoms with van der Waals surface area (Å²) in [6.07, 6.45) is 3.16. The van der Waals surface area contributed by atoms with Crippen molar-refractivity contribution in [1.29, 1.82) is 0 Å². The van der Waals surface area contributed by atoms with Gasteiger partial charge in [-0.05, 0) is 19.9 Å². The predicted octanol–water partition coefficient (Wildman–Crippen LogP) is 0.956. The summed E-state index contributed by atoms with van der Waals surface area (Å²) in [5.41, 5.74) is 2.08. The van der Waals surface area contributed by atoms with Crippen LogP contribution in [0.15, 0.2) is 29.9 Å². The molecule has 8 nitrogen and oxygen atoms in total. The van der Waals surface area contributed by atoms with Gasteiger partial charge in [-0.2, -0.15) is 15.2 Å². The summed E-state index contributed by atoms with van der Waals surface area (Å²) in [6.45, 7) is 4.52. The third-order valence-corrected chi connectivity index (χ3v) is 3.53. The number of nitrogens with one attached hydrogen (secondary N) is 1. The van der Waals surface area contributed by atoms with Gasteiger partial charge in [0, 0.05) is 18.4 Å². The van der Waals surface area contributed by atoms with Crippen molar-refractivity contribution in [3.63, 3.8) is 0 Å². The summed E-state index contributed by atoms with van der Waals surface area (Å²) in [6, 6.07) is 1.47. The number of hydrogen-bond donors (Lipinski definition) is 1. The molecule has 0 saturated carbocycles. The van der Waals surface area contributed by atoms with E-state index < -0.39 is 12.0 Å². The minimum atomic E-state index is -0.404. The molecule has 0 radical (unpaired) electrons. The molecule has 0 aliphatic carbocycles. The molecule has 1 aliphatic heterocycles. The molecule has 1 atom stereocenters. The average Bonchev–Trinajstić information content (AvgIpc) is 3.13. The van der Waals surface area contributed by atoms with Crippen molar-refractivity contribution in [2.75, 3.05) is 12.4 Å². The highest BCUT2D eigenvalue weighted by atomic mass is 16.5. The SMILES string of the molecule is CCn1nccc1C1C(C(=O)OC)=C(C)Nc2ncnn21. The standard InChI is InChI=1S/C13H16N6O2/c1-4-18-9(5-6-15-18)11-10(12(20)21-3)8(2)17-13-14-7-16-19(11)13/h5-7,11H,4H2,1-3H3,(H,14,16,17). The van der Waals surface area contributed by atoms with Crippen LogP contribution in [0.5, 0.6) is 0 Å². The van der Waals surface area contributed by atoms with Crippen LogP contribution >= 0.6 is 0 Å². The molecular weight excluding hydrogens is 272 g/mol. The van der Waals surface area contributed by atoms with Gasteiger partial charge in [-0.3, -0.25) is 4.68 Å². The van der Waals surface area contributed by atoms with E-state index in [0.29, 0.717) is 23.8 Å². The van der Waals surface area contributed by atoms with E-state index in [4.69, 9.17) is 4.74 Å². The third kappa shape index (κ3) is 1.99. The van der Waals surface area contributed by atoms with Crippen LogP contribution in [0.25, 0.3) is 0 Å². The Morgan fingerprint density at radius 3 is 3.00 bits per heavy atom. The van der Waals surface area contributed by atoms with E-state index in [1.54, 1.807) is 10.9 Å². The number of carbonyl (C=O) groups excluding carboxylic acids is 1. The zero-order valence-corrected chi connectivity index (χ0v) is 12.1. The molecule has 0 spiro atoms. The quantitative estimate of drug-likeness (QED) is 0.846. The molecule has 2 aromatic rings. The van der Waals surface area contributed by atoms with Crippen molar-refractivity contribution in [2.24, 2.45) is 0 Å². The largest absolute Gasteiger partial charge is 0.466 e. The van der Waals surface area contributed by atoms with Crippen LogP contribution in [-0.2, 0) is 16.1 Å². The van der Waals surface area contributed by atoms with Gasteiger partial charge in [0.25, 0.3) is 0 Å². The summed E-state index contributed by atoms with van der Waals surface area (Å²) >= 11 is 0. The lowest BCUT2D eigenvalue weighted by Crippen LogP contribution is -2.30. The van der Waals surface area contributed by atoms with Crippen molar-refractivity contribution in [3.8, 4) is 0 Å². The van der Waals surface area contributed by atoms with Crippen molar-refractivity contribution in [1.82, 2.24) is 24.5 Å². The third-order valence-electron chi connectivity index (χ3n) is 3.53. The Morgan fingerprint density at radius 1 is 1.48 bits per heavy atom. The first kappa shape index (κ1) is 13.3. The predicted molar refractivity (Wildman–Crippen MR) is 74.4 cm³/mol. The normalized spacial score (nSPS) is 17.4. The number of ether oxygens (including phenoxy) is 1. The van der Waals surface area contributed by atoms with Gasteiger partial charge in [0.05, 0.1) is 18.4 Å². The van der Waals surface area contributed by atoms with E-state index in [1.165, 1.54) is 13.4 Å². The number of nitrogens with zero attached hydrogens (tertiary/aromatic N) is 5. The highest BCUT2D eigenvalue weighted by Gasteiger charge is 2.35. The fourth-order valence-electron chi connectivity index (χ4n) is 2.58. The molecule has 1 N–H and O–H groups in total. The minimum Gasteiger partial charge on any atom is -0.466 e. The first-order valence-corrected chi connectivity index (χ1v) is 6.64. The van der Waals surface area contributed by atoms with Gasteiger partial charge < -0.3 is 10.1 Å². The summed E-state index contributed by atoms with van der Waals surface area (Å²) in [4.78, 5) is 16.4.